The van der Waals surface area contributed by atoms with Gasteiger partial charge in [-0.3, -0.25) is 4.79 Å². The van der Waals surface area contributed by atoms with Crippen LogP contribution in [0, 0.1) is 0 Å². The number of amides is 1. The molecule has 0 aliphatic heterocycles. The number of thioether (sulfide) groups is 1. The number of rotatable bonds is 7. The van der Waals surface area contributed by atoms with E-state index in [2.05, 4.69) is 21.9 Å². The molecule has 5 heteroatoms. The van der Waals surface area contributed by atoms with Crippen LogP contribution in [0.2, 0.25) is 0 Å². The quantitative estimate of drug-likeness (QED) is 0.496. The number of nitrogens with zero attached hydrogens (tertiary/aromatic N) is 1. The number of aromatic amines is 1. The van der Waals surface area contributed by atoms with Crippen LogP contribution in [0.3, 0.4) is 0 Å². The molecule has 3 rings (SSSR count). The van der Waals surface area contributed by atoms with Crippen LogP contribution >= 0.6 is 11.8 Å². The van der Waals surface area contributed by atoms with Gasteiger partial charge in [-0.25, -0.2) is 4.98 Å². The molecule has 2 aromatic carbocycles. The summed E-state index contributed by atoms with van der Waals surface area (Å²) in [5.41, 5.74) is 2.78. The molecule has 0 saturated carbocycles. The third-order valence-electron chi connectivity index (χ3n) is 3.55. The molecule has 0 saturated heterocycles. The minimum absolute atomic E-state index is 0.0119. The lowest BCUT2D eigenvalue weighted by molar-refractivity contribution is -0.116. The summed E-state index contributed by atoms with van der Waals surface area (Å²) in [4.78, 5) is 21.0. The zero-order valence-corrected chi connectivity index (χ0v) is 14.1. The molecule has 0 fully saturated rings. The molecule has 0 bridgehead atoms. The molecular weight excluding hydrogens is 318 g/mol. The van der Waals surface area contributed by atoms with E-state index in [4.69, 9.17) is 0 Å². The molecule has 122 valence electrons. The Morgan fingerprint density at radius 1 is 1.21 bits per heavy atom. The van der Waals surface area contributed by atoms with Crippen molar-refractivity contribution < 1.29 is 4.79 Å². The monoisotopic (exact) mass is 337 g/mol. The van der Waals surface area contributed by atoms with Gasteiger partial charge in [0.05, 0.1) is 16.7 Å². The van der Waals surface area contributed by atoms with Crippen LogP contribution in [-0.2, 0) is 11.2 Å². The fourth-order valence-electron chi connectivity index (χ4n) is 2.41. The van der Waals surface area contributed by atoms with Crippen molar-refractivity contribution in [2.45, 2.75) is 17.7 Å². The summed E-state index contributed by atoms with van der Waals surface area (Å²) in [6.07, 6.45) is 2.83. The number of aromatic nitrogens is 2. The van der Waals surface area contributed by atoms with Gasteiger partial charge in [0, 0.05) is 23.5 Å². The van der Waals surface area contributed by atoms with Gasteiger partial charge in [-0.2, -0.15) is 0 Å². The van der Waals surface area contributed by atoms with Gasteiger partial charge >= 0.3 is 0 Å². The summed E-state index contributed by atoms with van der Waals surface area (Å²) in [6.45, 7) is 3.73. The zero-order chi connectivity index (χ0) is 16.8. The fraction of sp³-hybridized carbons (Fsp3) is 0.158. The number of carbonyl (C=O) groups excluding carboxylic acids is 1. The third-order valence-corrected chi connectivity index (χ3v) is 4.61. The first kappa shape index (κ1) is 16.3. The standard InChI is InChI=1S/C19H19N3OS/c1-2-13-24-17-10-6-5-9-16(17)22-19(23)12-11-18-20-14-7-3-4-8-15(14)21-18/h2-10H,1,11-13H2,(H,20,21)(H,22,23). The van der Waals surface area contributed by atoms with Gasteiger partial charge in [-0.1, -0.05) is 30.3 Å². The summed E-state index contributed by atoms with van der Waals surface area (Å²) < 4.78 is 0. The van der Waals surface area contributed by atoms with Crippen molar-refractivity contribution in [3.63, 3.8) is 0 Å². The number of hydrogen-bond donors (Lipinski definition) is 2. The predicted octanol–water partition coefficient (Wildman–Crippen LogP) is 4.41. The first-order valence-corrected chi connectivity index (χ1v) is 8.81. The SMILES string of the molecule is C=CCSc1ccccc1NC(=O)CCc1nc2ccccc2[nH]1. The normalized spacial score (nSPS) is 10.7. The van der Waals surface area contributed by atoms with Gasteiger partial charge in [0.15, 0.2) is 0 Å². The number of H-pyrrole nitrogens is 1. The second-order valence-corrected chi connectivity index (χ2v) is 6.41. The second kappa shape index (κ2) is 7.84. The topological polar surface area (TPSA) is 57.8 Å². The van der Waals surface area contributed by atoms with Crippen LogP contribution < -0.4 is 5.32 Å². The summed E-state index contributed by atoms with van der Waals surface area (Å²) in [5, 5.41) is 2.99. The third kappa shape index (κ3) is 4.06. The number of fused-ring (bicyclic) bond motifs is 1. The molecular formula is C19H19N3OS. The molecule has 0 unspecified atom stereocenters. The fourth-order valence-corrected chi connectivity index (χ4v) is 3.16. The summed E-state index contributed by atoms with van der Waals surface area (Å²) in [7, 11) is 0. The summed E-state index contributed by atoms with van der Waals surface area (Å²) in [6, 6.07) is 15.7. The summed E-state index contributed by atoms with van der Waals surface area (Å²) >= 11 is 1.66. The molecule has 4 nitrogen and oxygen atoms in total. The first-order valence-electron chi connectivity index (χ1n) is 7.82. The van der Waals surface area contributed by atoms with Gasteiger partial charge in [0.1, 0.15) is 5.82 Å². The van der Waals surface area contributed by atoms with Crippen LogP contribution in [-0.4, -0.2) is 21.6 Å². The van der Waals surface area contributed by atoms with Crippen LogP contribution in [0.25, 0.3) is 11.0 Å². The van der Waals surface area contributed by atoms with Gasteiger partial charge in [-0.05, 0) is 24.3 Å². The Labute approximate surface area is 145 Å². The highest BCUT2D eigenvalue weighted by Gasteiger charge is 2.09. The van der Waals surface area contributed by atoms with Crippen molar-refractivity contribution in [1.82, 2.24) is 9.97 Å². The maximum Gasteiger partial charge on any atom is 0.224 e. The number of aryl methyl sites for hydroxylation is 1. The van der Waals surface area contributed by atoms with E-state index in [9.17, 15) is 4.79 Å². The van der Waals surface area contributed by atoms with Crippen molar-refractivity contribution in [3.8, 4) is 0 Å². The first-order chi connectivity index (χ1) is 11.8. The summed E-state index contributed by atoms with van der Waals surface area (Å²) in [5.74, 6) is 1.63. The van der Waals surface area contributed by atoms with E-state index in [0.29, 0.717) is 12.8 Å². The number of imidazole rings is 1. The maximum atomic E-state index is 12.2. The maximum absolute atomic E-state index is 12.2. The molecule has 0 atom stereocenters. The average Bonchev–Trinajstić information content (AvgIpc) is 3.02. The van der Waals surface area contributed by atoms with Crippen LogP contribution in [0.15, 0.2) is 66.1 Å². The Balaban J connectivity index is 1.60. The Kier molecular flexibility index (Phi) is 5.33. The number of benzene rings is 2. The number of carbonyl (C=O) groups is 1. The van der Waals surface area contributed by atoms with Crippen LogP contribution in [0.5, 0.6) is 0 Å². The van der Waals surface area contributed by atoms with E-state index in [1.165, 1.54) is 0 Å². The number of hydrogen-bond acceptors (Lipinski definition) is 3. The van der Waals surface area contributed by atoms with Gasteiger partial charge in [-0.15, -0.1) is 18.3 Å². The van der Waals surface area contributed by atoms with Crippen molar-refractivity contribution >= 4 is 34.4 Å². The molecule has 1 amide bonds. The molecule has 3 aromatic rings. The number of anilines is 1. The molecule has 0 spiro atoms. The van der Waals surface area contributed by atoms with E-state index < -0.39 is 0 Å². The van der Waals surface area contributed by atoms with E-state index in [1.807, 2.05) is 54.6 Å². The molecule has 2 N–H and O–H groups in total. The number of nitrogens with one attached hydrogen (secondary N) is 2. The lowest BCUT2D eigenvalue weighted by atomic mass is 10.2. The number of para-hydroxylation sites is 3. The highest BCUT2D eigenvalue weighted by molar-refractivity contribution is 7.99. The van der Waals surface area contributed by atoms with Crippen molar-refractivity contribution in [3.05, 3.63) is 67.0 Å². The lowest BCUT2D eigenvalue weighted by Gasteiger charge is -2.09. The smallest absolute Gasteiger partial charge is 0.224 e. The lowest BCUT2D eigenvalue weighted by Crippen LogP contribution is -2.13. The zero-order valence-electron chi connectivity index (χ0n) is 13.3. The molecule has 0 radical (unpaired) electrons. The minimum atomic E-state index is -0.0119. The van der Waals surface area contributed by atoms with E-state index in [0.717, 1.165) is 33.2 Å². The van der Waals surface area contributed by atoms with Crippen LogP contribution in [0.4, 0.5) is 5.69 Å². The molecule has 1 aromatic heterocycles. The Bertz CT molecular complexity index is 823. The second-order valence-electron chi connectivity index (χ2n) is 5.34. The average molecular weight is 337 g/mol. The van der Waals surface area contributed by atoms with E-state index in [-0.39, 0.29) is 5.91 Å². The highest BCUT2D eigenvalue weighted by Crippen LogP contribution is 2.27. The molecule has 1 heterocycles. The van der Waals surface area contributed by atoms with Crippen molar-refractivity contribution in [1.29, 1.82) is 0 Å². The van der Waals surface area contributed by atoms with E-state index >= 15 is 0 Å². The van der Waals surface area contributed by atoms with Crippen molar-refractivity contribution in [2.24, 2.45) is 0 Å². The predicted molar refractivity (Wildman–Crippen MR) is 100 cm³/mol. The Morgan fingerprint density at radius 2 is 2.00 bits per heavy atom. The Hall–Kier alpha value is -2.53. The molecule has 0 aliphatic rings. The molecule has 0 aliphatic carbocycles. The van der Waals surface area contributed by atoms with Crippen molar-refractivity contribution in [2.75, 3.05) is 11.1 Å². The minimum Gasteiger partial charge on any atom is -0.342 e. The molecule has 24 heavy (non-hydrogen) atoms. The Morgan fingerprint density at radius 3 is 2.83 bits per heavy atom. The largest absolute Gasteiger partial charge is 0.342 e. The van der Waals surface area contributed by atoms with Gasteiger partial charge < -0.3 is 10.3 Å². The van der Waals surface area contributed by atoms with Crippen LogP contribution in [0.1, 0.15) is 12.2 Å². The highest BCUT2D eigenvalue weighted by atomic mass is 32.2. The van der Waals surface area contributed by atoms with E-state index in [1.54, 1.807) is 11.8 Å². The van der Waals surface area contributed by atoms with Gasteiger partial charge in [0.2, 0.25) is 5.91 Å². The van der Waals surface area contributed by atoms with Gasteiger partial charge in [0.25, 0.3) is 0 Å².